The molecule has 0 radical (unpaired) electrons. The second-order valence-electron chi connectivity index (χ2n) is 28.5. The van der Waals surface area contributed by atoms with Crippen LogP contribution in [0, 0.1) is 17.5 Å². The Morgan fingerprint density at radius 2 is 0.975 bits per heavy atom. The number of hydrogen-bond acceptors (Lipinski definition) is 20. The number of imidazole rings is 4. The molecule has 2 saturated heterocycles. The second-order valence-corrected chi connectivity index (χ2v) is 28.5. The van der Waals surface area contributed by atoms with E-state index in [-0.39, 0.29) is 35.0 Å². The molecule has 4 aliphatic heterocycles. The molecule has 0 aliphatic carbocycles. The van der Waals surface area contributed by atoms with E-state index in [9.17, 15) is 37.1 Å². The van der Waals surface area contributed by atoms with Crippen molar-refractivity contribution in [2.24, 2.45) is 0 Å². The van der Waals surface area contributed by atoms with Gasteiger partial charge < -0.3 is 70.8 Å². The number of benzene rings is 7. The molecule has 5 amide bonds. The highest BCUT2D eigenvalue weighted by atomic mass is 19.1. The first-order chi connectivity index (χ1) is 58.6. The smallest absolute Gasteiger partial charge is 0.271 e. The predicted octanol–water partition coefficient (Wildman–Crippen LogP) is 11.0. The molecule has 0 bridgehead atoms. The Hall–Kier alpha value is -14.5. The average Bonchev–Trinajstić information content (AvgIpc) is 1.78. The molecule has 0 atom stereocenters. The highest BCUT2D eigenvalue weighted by molar-refractivity contribution is 6.08. The van der Waals surface area contributed by atoms with Gasteiger partial charge >= 0.3 is 0 Å². The van der Waals surface area contributed by atoms with Gasteiger partial charge in [-0.1, -0.05) is 54.6 Å². The van der Waals surface area contributed by atoms with E-state index in [2.05, 4.69) is 147 Å². The first kappa shape index (κ1) is 79.4. The Balaban J connectivity index is 0.000000119. The van der Waals surface area contributed by atoms with Gasteiger partial charge in [-0.25, -0.2) is 33.1 Å². The van der Waals surface area contributed by atoms with E-state index >= 15 is 0 Å². The van der Waals surface area contributed by atoms with E-state index in [1.807, 2.05) is 66.7 Å². The number of morpholine rings is 2. The number of H-pyrrole nitrogens is 8. The van der Waals surface area contributed by atoms with Crippen molar-refractivity contribution >= 4 is 85.4 Å². The number of aromatic nitrogens is 16. The summed E-state index contributed by atoms with van der Waals surface area (Å²) in [6, 6.07) is 40.0. The zero-order chi connectivity index (χ0) is 82.6. The molecule has 0 spiro atoms. The number of hydrogen-bond donors (Lipinski definition) is 14. The predicted molar refractivity (Wildman–Crippen MR) is 440 cm³/mol. The van der Waals surface area contributed by atoms with Crippen molar-refractivity contribution in [1.82, 2.24) is 101 Å². The maximum Gasteiger partial charge on any atom is 0.271 e. The van der Waals surface area contributed by atoms with Crippen LogP contribution < -0.4 is 41.4 Å². The summed E-state index contributed by atoms with van der Waals surface area (Å²) in [5.41, 5.74) is 16.0. The summed E-state index contributed by atoms with van der Waals surface area (Å²) in [5.74, 6) is -0.988. The van der Waals surface area contributed by atoms with E-state index in [0.717, 1.165) is 142 Å². The van der Waals surface area contributed by atoms with Gasteiger partial charge in [0.2, 0.25) is 5.91 Å². The Kier molecular flexibility index (Phi) is 24.1. The SMILES string of the molecule is COc1cc2nc(-c3[nH]ncc3NC(=O)c3ccc4c(c3)CNCC4)[nH]c2cc1OC.O=C(Cc1ccccc1)Nc1cn[nH]c1-c1nc2ccc(CN3CCOCC3)cc2[nH]1.O=C(Nc1cn[nH]c1-c1nc2ccc(CN3CCOCC3)cc2[nH]1)c1ccc(F)cc1.O=C1NCCCc2[nH]c(-c3[nH]ncc3NC(=O)c3c(F)cccc3F)nc21. The zero-order valence-corrected chi connectivity index (χ0v) is 64.9. The van der Waals surface area contributed by atoms with Crippen LogP contribution in [0.5, 0.6) is 11.5 Å². The van der Waals surface area contributed by atoms with Crippen molar-refractivity contribution in [3.63, 3.8) is 0 Å². The van der Waals surface area contributed by atoms with Crippen molar-refractivity contribution in [3.8, 4) is 57.6 Å². The number of amides is 5. The number of fused-ring (bicyclic) bond motifs is 5. The van der Waals surface area contributed by atoms with Gasteiger partial charge in [-0.15, -0.1) is 0 Å². The fraction of sp³-hybridized carbons (Fsp3) is 0.226. The Morgan fingerprint density at radius 1 is 0.475 bits per heavy atom. The standard InChI is InChI=1S/C23H24N6O2.C22H21FN6O2.C22H22N6O3.C17H14F2N6O2/c30-21(13-16-4-2-1-3-5-16)25-20-14-24-28-22(20)23-26-18-7-6-17(12-19(18)27-23)15-29-8-10-31-11-9-29;23-16-4-2-15(3-5-16)22(30)27-19-12-24-28-20(19)21-25-17-6-1-14(11-18(17)26-21)13-29-7-9-31-10-8-29;1-30-18-8-15-16(9-19(18)31-2)26-21(25-15)20-17(11-24-28-20)27-22(29)13-4-3-12-5-6-23-10-14(12)7-13;18-8-3-1-4-9(19)12(8)16(26)23-11-7-21-25-13(11)15-22-10-5-2-6-20-17(27)14(10)24-15/h1-7,12,14H,8-11,13,15H2,(H,24,28)(H,25,30)(H,26,27);1-6,11-12H,7-10,13H2,(H,24,28)(H,25,26)(H,27,30);3-4,7-9,11,23H,5-6,10H2,1-2H3,(H,24,28)(H,25,26)(H,27,29);1,3-4,7H,2,5-6H2,(H,20,27)(H,21,25)(H,22,24)(H,23,26). The van der Waals surface area contributed by atoms with Crippen molar-refractivity contribution in [2.45, 2.75) is 45.3 Å². The quantitative estimate of drug-likeness (QED) is 0.0357. The molecule has 4 aliphatic rings. The zero-order valence-electron chi connectivity index (χ0n) is 64.9. The summed E-state index contributed by atoms with van der Waals surface area (Å²) < 4.78 is 62.3. The molecule has 8 aromatic heterocycles. The highest BCUT2D eigenvalue weighted by Crippen LogP contribution is 2.36. The van der Waals surface area contributed by atoms with Crippen LogP contribution in [0.3, 0.4) is 0 Å². The van der Waals surface area contributed by atoms with Crippen LogP contribution in [0.1, 0.15) is 81.5 Å². The first-order valence-corrected chi connectivity index (χ1v) is 38.6. The number of aromatic amines is 8. The third-order valence-corrected chi connectivity index (χ3v) is 20.4. The van der Waals surface area contributed by atoms with E-state index in [0.29, 0.717) is 116 Å². The van der Waals surface area contributed by atoms with E-state index in [4.69, 9.17) is 18.9 Å². The van der Waals surface area contributed by atoms with E-state index in [1.54, 1.807) is 32.7 Å². The lowest BCUT2D eigenvalue weighted by molar-refractivity contribution is -0.115. The number of carbonyl (C=O) groups is 5. The minimum atomic E-state index is -0.973. The third kappa shape index (κ3) is 18.5. The van der Waals surface area contributed by atoms with Gasteiger partial charge in [0.1, 0.15) is 51.5 Å². The van der Waals surface area contributed by atoms with Crippen LogP contribution in [0.2, 0.25) is 0 Å². The molecule has 19 rings (SSSR count). The molecule has 36 heteroatoms. The van der Waals surface area contributed by atoms with Crippen LogP contribution >= 0.6 is 0 Å². The van der Waals surface area contributed by atoms with Crippen molar-refractivity contribution in [1.29, 1.82) is 0 Å². The maximum atomic E-state index is 13.8. The van der Waals surface area contributed by atoms with Crippen molar-refractivity contribution in [2.75, 3.05) is 101 Å². The Labute approximate surface area is 681 Å². The molecule has 120 heavy (non-hydrogen) atoms. The van der Waals surface area contributed by atoms with Crippen LogP contribution in [0.15, 0.2) is 164 Å². The summed E-state index contributed by atoms with van der Waals surface area (Å²) in [6.45, 7) is 10.9. The summed E-state index contributed by atoms with van der Waals surface area (Å²) >= 11 is 0. The fourth-order valence-electron chi connectivity index (χ4n) is 14.2. The molecule has 33 nitrogen and oxygen atoms in total. The number of rotatable bonds is 19. The Morgan fingerprint density at radius 3 is 1.53 bits per heavy atom. The van der Waals surface area contributed by atoms with Gasteiger partial charge in [0.15, 0.2) is 34.8 Å². The molecule has 612 valence electrons. The molecular weight excluding hydrogens is 1550 g/mol. The maximum absolute atomic E-state index is 13.8. The Bertz CT molecular complexity index is 6130. The normalized spacial score (nSPS) is 14.1. The van der Waals surface area contributed by atoms with Gasteiger partial charge in [-0.05, 0) is 126 Å². The van der Waals surface area contributed by atoms with Gasteiger partial charge in [-0.3, -0.25) is 54.2 Å². The highest BCUT2D eigenvalue weighted by Gasteiger charge is 2.27. The first-order valence-electron chi connectivity index (χ1n) is 38.6. The van der Waals surface area contributed by atoms with Gasteiger partial charge in [0, 0.05) is 81.3 Å². The summed E-state index contributed by atoms with van der Waals surface area (Å²) in [5, 5.41) is 44.7. The molecule has 12 heterocycles. The molecule has 2 fully saturated rings. The molecule has 15 aromatic rings. The molecule has 0 unspecified atom stereocenters. The number of methoxy groups -OCH3 is 2. The number of ether oxygens (including phenoxy) is 4. The number of nitrogens with zero attached hydrogens (tertiary/aromatic N) is 10. The summed E-state index contributed by atoms with van der Waals surface area (Å²) in [7, 11) is 3.16. The monoisotopic (exact) mass is 1630 g/mol. The molecule has 0 saturated carbocycles. The van der Waals surface area contributed by atoms with Crippen molar-refractivity contribution in [3.05, 3.63) is 238 Å². The summed E-state index contributed by atoms with van der Waals surface area (Å²) in [6.07, 6.45) is 8.67. The fourth-order valence-corrected chi connectivity index (χ4v) is 14.2. The second kappa shape index (κ2) is 36.4. The summed E-state index contributed by atoms with van der Waals surface area (Å²) in [4.78, 5) is 98.1. The lowest BCUT2D eigenvalue weighted by Crippen LogP contribution is -2.35. The minimum Gasteiger partial charge on any atom is -0.493 e. The van der Waals surface area contributed by atoms with Gasteiger partial charge in [0.05, 0.1) is 128 Å². The van der Waals surface area contributed by atoms with Crippen LogP contribution in [-0.4, -0.2) is 200 Å². The lowest BCUT2D eigenvalue weighted by atomic mass is 9.98. The minimum absolute atomic E-state index is 0.0993. The molecule has 14 N–H and O–H groups in total. The van der Waals surface area contributed by atoms with Gasteiger partial charge in [-0.2, -0.15) is 20.4 Å². The number of halogens is 3. The third-order valence-electron chi connectivity index (χ3n) is 20.4. The number of carbonyl (C=O) groups excluding carboxylic acids is 5. The number of anilines is 4. The van der Waals surface area contributed by atoms with Gasteiger partial charge in [0.25, 0.3) is 23.6 Å². The van der Waals surface area contributed by atoms with Crippen LogP contribution in [0.25, 0.3) is 79.2 Å². The molecule has 7 aromatic carbocycles. The average molecular weight is 1630 g/mol. The molecular formula is C84H81F3N24O9. The van der Waals surface area contributed by atoms with Crippen molar-refractivity contribution < 1.29 is 56.1 Å². The topological polar surface area (TPSA) is 430 Å². The largest absolute Gasteiger partial charge is 0.493 e. The van der Waals surface area contributed by atoms with Crippen LogP contribution in [0.4, 0.5) is 35.9 Å². The lowest BCUT2D eigenvalue weighted by Gasteiger charge is -2.26. The van der Waals surface area contributed by atoms with E-state index in [1.165, 1.54) is 59.4 Å². The van der Waals surface area contributed by atoms with Crippen LogP contribution in [-0.2, 0) is 53.2 Å². The number of aryl methyl sites for hydroxylation is 1. The van der Waals surface area contributed by atoms with E-state index < -0.39 is 28.9 Å². The number of nitrogens with one attached hydrogen (secondary N) is 14.